The van der Waals surface area contributed by atoms with E-state index in [9.17, 15) is 19.5 Å². The molecule has 2 aliphatic rings. The first-order valence-electron chi connectivity index (χ1n) is 14.5. The number of hydrogen-bond acceptors (Lipinski definition) is 9. The van der Waals surface area contributed by atoms with Crippen molar-refractivity contribution in [1.29, 1.82) is 0 Å². The van der Waals surface area contributed by atoms with Crippen molar-refractivity contribution in [2.75, 3.05) is 36.4 Å². The number of rotatable bonds is 7. The zero-order valence-corrected chi connectivity index (χ0v) is 25.0. The smallest absolute Gasteiger partial charge is 0.407 e. The van der Waals surface area contributed by atoms with Crippen LogP contribution in [0.2, 0.25) is 0 Å². The van der Waals surface area contributed by atoms with Crippen LogP contribution in [0.1, 0.15) is 93.9 Å². The van der Waals surface area contributed by atoms with Gasteiger partial charge in [0.25, 0.3) is 5.91 Å². The summed E-state index contributed by atoms with van der Waals surface area (Å²) in [6.07, 6.45) is 3.02. The second-order valence-corrected chi connectivity index (χ2v) is 12.3. The van der Waals surface area contributed by atoms with Gasteiger partial charge < -0.3 is 36.0 Å². The second-order valence-electron chi connectivity index (χ2n) is 12.3. The van der Waals surface area contributed by atoms with Crippen LogP contribution < -0.4 is 21.3 Å². The fraction of sp³-hybridized carbons (Fsp3) is 0.586. The van der Waals surface area contributed by atoms with Gasteiger partial charge in [-0.15, -0.1) is 0 Å². The van der Waals surface area contributed by atoms with E-state index in [0.29, 0.717) is 50.7 Å². The van der Waals surface area contributed by atoms with Crippen molar-refractivity contribution in [2.24, 2.45) is 5.73 Å². The molecule has 228 valence electrons. The predicted octanol–water partition coefficient (Wildman–Crippen LogP) is 4.19. The van der Waals surface area contributed by atoms with Gasteiger partial charge in [-0.2, -0.15) is 4.98 Å². The third kappa shape index (κ3) is 7.98. The molecular weight excluding hydrogens is 540 g/mol. The van der Waals surface area contributed by atoms with E-state index in [1.54, 1.807) is 0 Å². The van der Waals surface area contributed by atoms with Gasteiger partial charge in [-0.25, -0.2) is 14.6 Å². The summed E-state index contributed by atoms with van der Waals surface area (Å²) in [6.45, 7) is 11.7. The van der Waals surface area contributed by atoms with Crippen LogP contribution in [0.5, 0.6) is 0 Å². The number of carboxylic acid groups (broad SMARTS) is 1. The highest BCUT2D eigenvalue weighted by molar-refractivity contribution is 5.98. The average Bonchev–Trinajstić information content (AvgIpc) is 2.91. The summed E-state index contributed by atoms with van der Waals surface area (Å²) >= 11 is 0. The summed E-state index contributed by atoms with van der Waals surface area (Å²) in [5.74, 6) is 0.287. The van der Waals surface area contributed by atoms with E-state index in [-0.39, 0.29) is 29.3 Å². The van der Waals surface area contributed by atoms with Crippen LogP contribution in [0, 0.1) is 0 Å². The van der Waals surface area contributed by atoms with Crippen LogP contribution in [-0.4, -0.2) is 80.9 Å². The highest BCUT2D eigenvalue weighted by atomic mass is 16.6. The number of ether oxygens (including phenoxy) is 1. The Balaban J connectivity index is 1.56. The van der Waals surface area contributed by atoms with Crippen molar-refractivity contribution in [1.82, 2.24) is 25.2 Å². The van der Waals surface area contributed by atoms with Gasteiger partial charge in [-0.3, -0.25) is 9.78 Å². The van der Waals surface area contributed by atoms with E-state index in [1.165, 1.54) is 11.1 Å². The average molecular weight is 583 g/mol. The molecule has 0 radical (unpaired) electrons. The van der Waals surface area contributed by atoms with E-state index in [2.05, 4.69) is 29.5 Å². The van der Waals surface area contributed by atoms with Crippen molar-refractivity contribution >= 4 is 35.5 Å². The number of piperidine rings is 2. The maximum Gasteiger partial charge on any atom is 0.407 e. The Kier molecular flexibility index (Phi) is 9.37. The number of likely N-dealkylation sites (tertiary alicyclic amines) is 1. The van der Waals surface area contributed by atoms with Crippen molar-refractivity contribution in [2.45, 2.75) is 83.8 Å². The van der Waals surface area contributed by atoms with E-state index in [4.69, 9.17) is 20.4 Å². The van der Waals surface area contributed by atoms with Crippen molar-refractivity contribution < 1.29 is 24.2 Å². The molecule has 2 aromatic rings. The molecule has 0 spiro atoms. The lowest BCUT2D eigenvalue weighted by atomic mass is 9.92. The molecule has 0 aliphatic carbocycles. The Morgan fingerprint density at radius 2 is 1.81 bits per heavy atom. The first-order valence-corrected chi connectivity index (χ1v) is 14.5. The van der Waals surface area contributed by atoms with Crippen LogP contribution in [0.4, 0.5) is 27.0 Å². The van der Waals surface area contributed by atoms with E-state index < -0.39 is 23.7 Å². The number of primary amides is 1. The molecule has 4 heterocycles. The molecule has 42 heavy (non-hydrogen) atoms. The number of hydrogen-bond donors (Lipinski definition) is 4. The maximum atomic E-state index is 12.3. The summed E-state index contributed by atoms with van der Waals surface area (Å²) in [7, 11) is 0. The van der Waals surface area contributed by atoms with Gasteiger partial charge in [0.1, 0.15) is 17.0 Å². The molecule has 2 fully saturated rings. The van der Waals surface area contributed by atoms with Gasteiger partial charge in [-0.1, -0.05) is 13.8 Å². The Labute approximate surface area is 246 Å². The topological polar surface area (TPSA) is 176 Å². The molecule has 0 saturated carbocycles. The standard InChI is InChI=1S/C29H42N8O5/c1-17(2)22-13-20(14-23(34-22)18-8-11-36(12-9-18)28(40)41)32-25-21(24(30)38)15-31-26(35-25)37-10-6-7-19(16-37)33-27(39)42-29(3,4)5/h13-15,17-19H,6-12,16H2,1-5H3,(H2,30,38)(H,33,39)(H,40,41)(H,31,32,34,35). The van der Waals surface area contributed by atoms with Gasteiger partial charge in [0.05, 0.1) is 0 Å². The van der Waals surface area contributed by atoms with Gasteiger partial charge in [0.2, 0.25) is 5.95 Å². The lowest BCUT2D eigenvalue weighted by Gasteiger charge is -2.33. The molecule has 13 heteroatoms. The highest BCUT2D eigenvalue weighted by Gasteiger charge is 2.28. The van der Waals surface area contributed by atoms with Crippen LogP contribution >= 0.6 is 0 Å². The number of carbonyl (C=O) groups excluding carboxylic acids is 2. The van der Waals surface area contributed by atoms with Gasteiger partial charge in [-0.05, 0) is 64.5 Å². The minimum atomic E-state index is -0.904. The summed E-state index contributed by atoms with van der Waals surface area (Å²) in [6, 6.07) is 3.71. The zero-order chi connectivity index (χ0) is 30.6. The number of amides is 3. The van der Waals surface area contributed by atoms with Crippen molar-refractivity contribution in [3.63, 3.8) is 0 Å². The highest BCUT2D eigenvalue weighted by Crippen LogP contribution is 2.32. The van der Waals surface area contributed by atoms with E-state index in [1.807, 2.05) is 37.8 Å². The fourth-order valence-electron chi connectivity index (χ4n) is 5.21. The zero-order valence-electron chi connectivity index (χ0n) is 25.0. The summed E-state index contributed by atoms with van der Waals surface area (Å²) in [5, 5.41) is 15.5. The largest absolute Gasteiger partial charge is 0.465 e. The third-order valence-electron chi connectivity index (χ3n) is 7.37. The minimum absolute atomic E-state index is 0.110. The predicted molar refractivity (Wildman–Crippen MR) is 158 cm³/mol. The first kappa shape index (κ1) is 30.8. The van der Waals surface area contributed by atoms with Gasteiger partial charge >= 0.3 is 12.2 Å². The van der Waals surface area contributed by atoms with Gasteiger partial charge in [0, 0.05) is 61.4 Å². The van der Waals surface area contributed by atoms with Crippen LogP contribution in [0.15, 0.2) is 18.3 Å². The first-order chi connectivity index (χ1) is 19.8. The van der Waals surface area contributed by atoms with E-state index >= 15 is 0 Å². The van der Waals surface area contributed by atoms with Crippen LogP contribution in [-0.2, 0) is 4.74 Å². The molecule has 0 aromatic carbocycles. The van der Waals surface area contributed by atoms with Crippen LogP contribution in [0.25, 0.3) is 0 Å². The molecule has 2 aliphatic heterocycles. The second kappa shape index (κ2) is 12.8. The molecule has 13 nitrogen and oxygen atoms in total. The number of aromatic nitrogens is 3. The Bertz CT molecular complexity index is 1300. The van der Waals surface area contributed by atoms with E-state index in [0.717, 1.165) is 24.2 Å². The fourth-order valence-corrected chi connectivity index (χ4v) is 5.21. The number of nitrogens with two attached hydrogens (primary N) is 1. The lowest BCUT2D eigenvalue weighted by Crippen LogP contribution is -2.49. The number of nitrogens with zero attached hydrogens (tertiary/aromatic N) is 5. The molecule has 1 unspecified atom stereocenters. The molecule has 2 aromatic heterocycles. The monoisotopic (exact) mass is 582 g/mol. The SMILES string of the molecule is CC(C)c1cc(Nc2nc(N3CCCC(NC(=O)OC(C)(C)C)C3)ncc2C(N)=O)cc(C2CCN(C(=O)O)CC2)n1. The maximum absolute atomic E-state index is 12.3. The number of nitrogens with one attached hydrogen (secondary N) is 2. The number of pyridine rings is 1. The van der Waals surface area contributed by atoms with Gasteiger partial charge in [0.15, 0.2) is 0 Å². The summed E-state index contributed by atoms with van der Waals surface area (Å²) in [5.41, 5.74) is 7.70. The molecule has 2 saturated heterocycles. The molecule has 1 atom stereocenters. The molecular formula is C29H42N8O5. The summed E-state index contributed by atoms with van der Waals surface area (Å²) in [4.78, 5) is 53.4. The van der Waals surface area contributed by atoms with Crippen LogP contribution in [0.3, 0.4) is 0 Å². The lowest BCUT2D eigenvalue weighted by molar-refractivity contribution is 0.0499. The Hall–Kier alpha value is -4.16. The summed E-state index contributed by atoms with van der Waals surface area (Å²) < 4.78 is 5.41. The quantitative estimate of drug-likeness (QED) is 0.370. The third-order valence-corrected chi connectivity index (χ3v) is 7.37. The Morgan fingerprint density at radius 1 is 1.10 bits per heavy atom. The number of alkyl carbamates (subject to hydrolysis) is 1. The molecule has 3 amide bonds. The molecule has 4 rings (SSSR count). The normalized spacial score (nSPS) is 18.1. The Morgan fingerprint density at radius 3 is 2.43 bits per heavy atom. The van der Waals surface area contributed by atoms with Crippen molar-refractivity contribution in [3.8, 4) is 0 Å². The minimum Gasteiger partial charge on any atom is -0.465 e. The number of anilines is 3. The molecule has 5 N–H and O–H groups in total. The number of carbonyl (C=O) groups is 3. The van der Waals surface area contributed by atoms with Crippen molar-refractivity contribution in [3.05, 3.63) is 35.3 Å². The molecule has 0 bridgehead atoms.